The van der Waals surface area contributed by atoms with Crippen LogP contribution in [-0.4, -0.2) is 19.0 Å². The largest absolute Gasteiger partial charge is 0.372 e. The summed E-state index contributed by atoms with van der Waals surface area (Å²) >= 11 is 0. The molecule has 2 rings (SSSR count). The van der Waals surface area contributed by atoms with Crippen LogP contribution in [0.15, 0.2) is 54.2 Å². The molecule has 2 aromatic carbocycles. The van der Waals surface area contributed by atoms with Gasteiger partial charge in [0.25, 0.3) is 5.91 Å². The van der Waals surface area contributed by atoms with Crippen molar-refractivity contribution in [2.45, 2.75) is 40.5 Å². The Kier molecular flexibility index (Phi) is 7.85. The number of anilines is 3. The van der Waals surface area contributed by atoms with E-state index in [0.29, 0.717) is 0 Å². The Balaban J connectivity index is 2.16. The zero-order valence-electron chi connectivity index (χ0n) is 17.9. The number of hydrogen-bond acceptors (Lipinski definition) is 4. The maximum atomic E-state index is 12.6. The summed E-state index contributed by atoms with van der Waals surface area (Å²) < 4.78 is 0. The summed E-state index contributed by atoms with van der Waals surface area (Å²) in [5.41, 5.74) is 4.86. The van der Waals surface area contributed by atoms with Gasteiger partial charge in [0.15, 0.2) is 0 Å². The van der Waals surface area contributed by atoms with Crippen molar-refractivity contribution < 1.29 is 4.79 Å². The Labute approximate surface area is 174 Å². The molecule has 29 heavy (non-hydrogen) atoms. The van der Waals surface area contributed by atoms with Crippen LogP contribution in [0.25, 0.3) is 0 Å². The Bertz CT molecular complexity index is 921. The molecule has 0 fully saturated rings. The molecule has 0 spiro atoms. The zero-order chi connectivity index (χ0) is 21.4. The van der Waals surface area contributed by atoms with Crippen LogP contribution in [0.3, 0.4) is 0 Å². The standard InChI is InChI=1S/C24H30N4O/c1-6-28(7-2)20-12-13-22(18(5)14-20)26-16-19(15-25)24(29)27-23-11-9-8-10-21(23)17(3)4/h8-14,16-17,26H,6-7H2,1-5H3,(H,27,29)/b19-16-. The highest BCUT2D eigenvalue weighted by Crippen LogP contribution is 2.25. The van der Waals surface area contributed by atoms with E-state index in [-0.39, 0.29) is 11.5 Å². The van der Waals surface area contributed by atoms with E-state index in [0.717, 1.165) is 41.3 Å². The summed E-state index contributed by atoms with van der Waals surface area (Å²) in [6.45, 7) is 12.3. The molecule has 0 saturated carbocycles. The summed E-state index contributed by atoms with van der Waals surface area (Å²) in [5, 5.41) is 15.4. The lowest BCUT2D eigenvalue weighted by Gasteiger charge is -2.22. The van der Waals surface area contributed by atoms with Gasteiger partial charge in [-0.2, -0.15) is 5.26 Å². The van der Waals surface area contributed by atoms with Gasteiger partial charge in [-0.3, -0.25) is 4.79 Å². The van der Waals surface area contributed by atoms with Crippen LogP contribution in [0.2, 0.25) is 0 Å². The highest BCUT2D eigenvalue weighted by Gasteiger charge is 2.13. The Morgan fingerprint density at radius 1 is 1.14 bits per heavy atom. The molecule has 0 heterocycles. The molecule has 0 aliphatic carbocycles. The lowest BCUT2D eigenvalue weighted by Crippen LogP contribution is -2.21. The predicted octanol–water partition coefficient (Wildman–Crippen LogP) is 5.42. The molecule has 5 nitrogen and oxygen atoms in total. The molecule has 0 aromatic heterocycles. The lowest BCUT2D eigenvalue weighted by molar-refractivity contribution is -0.112. The molecule has 2 aromatic rings. The van der Waals surface area contributed by atoms with E-state index in [4.69, 9.17) is 0 Å². The summed E-state index contributed by atoms with van der Waals surface area (Å²) in [6, 6.07) is 15.8. The van der Waals surface area contributed by atoms with Crippen molar-refractivity contribution in [1.82, 2.24) is 0 Å². The first-order chi connectivity index (χ1) is 13.9. The van der Waals surface area contributed by atoms with Crippen molar-refractivity contribution >= 4 is 23.0 Å². The number of carbonyl (C=O) groups excluding carboxylic acids is 1. The molecule has 152 valence electrons. The van der Waals surface area contributed by atoms with Gasteiger partial charge in [-0.1, -0.05) is 32.0 Å². The minimum atomic E-state index is -0.425. The van der Waals surface area contributed by atoms with Gasteiger partial charge in [0, 0.05) is 36.4 Å². The van der Waals surface area contributed by atoms with Crippen LogP contribution in [-0.2, 0) is 4.79 Å². The topological polar surface area (TPSA) is 68.2 Å². The SMILES string of the molecule is CCN(CC)c1ccc(N/C=C(/C#N)C(=O)Nc2ccccc2C(C)C)c(C)c1. The molecule has 0 aliphatic rings. The number of para-hydroxylation sites is 1. The lowest BCUT2D eigenvalue weighted by atomic mass is 10.0. The molecule has 1 amide bonds. The fourth-order valence-corrected chi connectivity index (χ4v) is 3.20. The summed E-state index contributed by atoms with van der Waals surface area (Å²) in [5.74, 6) is -0.156. The van der Waals surface area contributed by atoms with E-state index in [1.165, 1.54) is 6.20 Å². The Morgan fingerprint density at radius 3 is 2.41 bits per heavy atom. The first-order valence-corrected chi connectivity index (χ1v) is 10.0. The minimum Gasteiger partial charge on any atom is -0.372 e. The number of aryl methyl sites for hydroxylation is 1. The Morgan fingerprint density at radius 2 is 1.83 bits per heavy atom. The predicted molar refractivity (Wildman–Crippen MR) is 121 cm³/mol. The number of carbonyl (C=O) groups is 1. The van der Waals surface area contributed by atoms with Gasteiger partial charge in [0.05, 0.1) is 0 Å². The number of benzene rings is 2. The van der Waals surface area contributed by atoms with Crippen LogP contribution < -0.4 is 15.5 Å². The molecular formula is C24H30N4O. The number of nitrogens with one attached hydrogen (secondary N) is 2. The third-order valence-corrected chi connectivity index (χ3v) is 4.91. The van der Waals surface area contributed by atoms with Gasteiger partial charge < -0.3 is 15.5 Å². The molecule has 0 aliphatic heterocycles. The minimum absolute atomic E-state index is 0.0239. The fourth-order valence-electron chi connectivity index (χ4n) is 3.20. The number of nitrogens with zero attached hydrogens (tertiary/aromatic N) is 2. The number of rotatable bonds is 8. The van der Waals surface area contributed by atoms with Crippen molar-refractivity contribution in [3.05, 3.63) is 65.4 Å². The molecule has 0 radical (unpaired) electrons. The summed E-state index contributed by atoms with van der Waals surface area (Å²) in [6.07, 6.45) is 1.47. The summed E-state index contributed by atoms with van der Waals surface area (Å²) in [7, 11) is 0. The van der Waals surface area contributed by atoms with E-state index in [1.807, 2.05) is 49.4 Å². The van der Waals surface area contributed by atoms with E-state index >= 15 is 0 Å². The van der Waals surface area contributed by atoms with Crippen molar-refractivity contribution in [1.29, 1.82) is 5.26 Å². The van der Waals surface area contributed by atoms with Crippen molar-refractivity contribution in [3.8, 4) is 6.07 Å². The molecular weight excluding hydrogens is 360 g/mol. The first kappa shape index (κ1) is 22.0. The van der Waals surface area contributed by atoms with Gasteiger partial charge in [-0.05, 0) is 62.1 Å². The van der Waals surface area contributed by atoms with Crippen molar-refractivity contribution in [3.63, 3.8) is 0 Å². The van der Waals surface area contributed by atoms with Crippen molar-refractivity contribution in [2.75, 3.05) is 28.6 Å². The maximum Gasteiger partial charge on any atom is 0.267 e. The van der Waals surface area contributed by atoms with Gasteiger partial charge in [0.1, 0.15) is 11.6 Å². The molecule has 5 heteroatoms. The van der Waals surface area contributed by atoms with Crippen molar-refractivity contribution in [2.24, 2.45) is 0 Å². The second-order valence-corrected chi connectivity index (χ2v) is 7.18. The van der Waals surface area contributed by atoms with Gasteiger partial charge in [-0.15, -0.1) is 0 Å². The molecule has 0 saturated heterocycles. The van der Waals surface area contributed by atoms with Crippen LogP contribution in [0.4, 0.5) is 17.1 Å². The molecule has 2 N–H and O–H groups in total. The van der Waals surface area contributed by atoms with Crippen LogP contribution in [0, 0.1) is 18.3 Å². The van der Waals surface area contributed by atoms with Crippen LogP contribution >= 0.6 is 0 Å². The number of amides is 1. The number of hydrogen-bond donors (Lipinski definition) is 2. The molecule has 0 atom stereocenters. The van der Waals surface area contributed by atoms with Gasteiger partial charge in [-0.25, -0.2) is 0 Å². The highest BCUT2D eigenvalue weighted by atomic mass is 16.1. The zero-order valence-corrected chi connectivity index (χ0v) is 17.9. The van der Waals surface area contributed by atoms with E-state index < -0.39 is 5.91 Å². The smallest absolute Gasteiger partial charge is 0.267 e. The van der Waals surface area contributed by atoms with E-state index in [9.17, 15) is 10.1 Å². The maximum absolute atomic E-state index is 12.6. The first-order valence-electron chi connectivity index (χ1n) is 10.0. The molecule has 0 bridgehead atoms. The normalized spacial score (nSPS) is 11.1. The third-order valence-electron chi connectivity index (χ3n) is 4.91. The monoisotopic (exact) mass is 390 g/mol. The van der Waals surface area contributed by atoms with E-state index in [1.54, 1.807) is 0 Å². The third kappa shape index (κ3) is 5.61. The van der Waals surface area contributed by atoms with Gasteiger partial charge in [0.2, 0.25) is 0 Å². The number of nitriles is 1. The highest BCUT2D eigenvalue weighted by molar-refractivity contribution is 6.07. The van der Waals surface area contributed by atoms with Crippen LogP contribution in [0.5, 0.6) is 0 Å². The fraction of sp³-hybridized carbons (Fsp3) is 0.333. The quantitative estimate of drug-likeness (QED) is 0.466. The average molecular weight is 391 g/mol. The van der Waals surface area contributed by atoms with E-state index in [2.05, 4.69) is 49.3 Å². The second kappa shape index (κ2) is 10.3. The van der Waals surface area contributed by atoms with Crippen LogP contribution in [0.1, 0.15) is 44.7 Å². The average Bonchev–Trinajstić information content (AvgIpc) is 2.71. The second-order valence-electron chi connectivity index (χ2n) is 7.18. The molecule has 0 unspecified atom stereocenters. The van der Waals surface area contributed by atoms with Gasteiger partial charge >= 0.3 is 0 Å². The summed E-state index contributed by atoms with van der Waals surface area (Å²) in [4.78, 5) is 14.9. The Hall–Kier alpha value is -3.26.